The molecule has 7 nitrogen and oxygen atoms in total. The van der Waals surface area contributed by atoms with E-state index in [4.69, 9.17) is 4.74 Å². The second kappa shape index (κ2) is 9.36. The van der Waals surface area contributed by atoms with Crippen molar-refractivity contribution in [2.24, 2.45) is 0 Å². The number of likely N-dealkylation sites (tertiary alicyclic amines) is 1. The van der Waals surface area contributed by atoms with Gasteiger partial charge in [-0.2, -0.15) is 0 Å². The summed E-state index contributed by atoms with van der Waals surface area (Å²) in [6, 6.07) is 7.81. The summed E-state index contributed by atoms with van der Waals surface area (Å²) in [6.07, 6.45) is 3.57. The monoisotopic (exact) mass is 425 g/mol. The number of nitrogens with zero attached hydrogens (tertiary/aromatic N) is 2. The molecule has 1 aromatic heterocycles. The molecule has 0 radical (unpaired) electrons. The van der Waals surface area contributed by atoms with Crippen molar-refractivity contribution in [3.05, 3.63) is 71.3 Å². The first kappa shape index (κ1) is 21.1. The lowest BCUT2D eigenvalue weighted by molar-refractivity contribution is -0.908. The summed E-state index contributed by atoms with van der Waals surface area (Å²) < 4.78 is 19.4. The zero-order valence-corrected chi connectivity index (χ0v) is 17.1. The third-order valence-electron chi connectivity index (χ3n) is 5.77. The predicted molar refractivity (Wildman–Crippen MR) is 108 cm³/mol. The Balaban J connectivity index is 1.66. The minimum Gasteiger partial charge on any atom is -0.872 e. The van der Waals surface area contributed by atoms with Crippen LogP contribution in [0.15, 0.2) is 54.4 Å². The van der Waals surface area contributed by atoms with E-state index in [0.29, 0.717) is 31.7 Å². The number of morpholine rings is 1. The first-order chi connectivity index (χ1) is 15.1. The maximum atomic E-state index is 14.0. The van der Waals surface area contributed by atoms with Crippen LogP contribution in [0.2, 0.25) is 0 Å². The Kier molecular flexibility index (Phi) is 6.39. The summed E-state index contributed by atoms with van der Waals surface area (Å²) >= 11 is 0. The van der Waals surface area contributed by atoms with Gasteiger partial charge in [0.05, 0.1) is 25.8 Å². The summed E-state index contributed by atoms with van der Waals surface area (Å²) in [4.78, 5) is 32.4. The van der Waals surface area contributed by atoms with Crippen LogP contribution < -0.4 is 10.0 Å². The van der Waals surface area contributed by atoms with E-state index in [1.807, 2.05) is 0 Å². The summed E-state index contributed by atoms with van der Waals surface area (Å²) in [5.41, 5.74) is 0.544. The Morgan fingerprint density at radius 3 is 2.65 bits per heavy atom. The number of rotatable bonds is 6. The van der Waals surface area contributed by atoms with Gasteiger partial charge in [-0.3, -0.25) is 14.6 Å². The number of carbonyl (C=O) groups excluding carboxylic acids is 2. The molecule has 2 aromatic rings. The number of ketones is 1. The van der Waals surface area contributed by atoms with Crippen molar-refractivity contribution in [1.82, 2.24) is 9.88 Å². The van der Waals surface area contributed by atoms with E-state index in [-0.39, 0.29) is 11.1 Å². The molecule has 1 N–H and O–H groups in total. The fraction of sp³-hybridized carbons (Fsp3) is 0.348. The number of aromatic nitrogens is 1. The number of quaternary nitrogens is 1. The molecule has 162 valence electrons. The second-order valence-electron chi connectivity index (χ2n) is 7.73. The number of amides is 1. The van der Waals surface area contributed by atoms with Crippen LogP contribution in [-0.4, -0.2) is 61.0 Å². The average Bonchev–Trinajstić information content (AvgIpc) is 3.05. The lowest BCUT2D eigenvalue weighted by Gasteiger charge is -2.29. The first-order valence-electron chi connectivity index (χ1n) is 10.4. The van der Waals surface area contributed by atoms with Gasteiger partial charge in [0.2, 0.25) is 5.78 Å². The number of carbonyl (C=O) groups is 2. The van der Waals surface area contributed by atoms with Crippen LogP contribution in [-0.2, 0) is 14.3 Å². The zero-order valence-electron chi connectivity index (χ0n) is 17.1. The van der Waals surface area contributed by atoms with Crippen LogP contribution in [0, 0.1) is 5.82 Å². The van der Waals surface area contributed by atoms with Gasteiger partial charge in [0.1, 0.15) is 18.9 Å². The second-order valence-corrected chi connectivity index (χ2v) is 7.73. The predicted octanol–water partition coefficient (Wildman–Crippen LogP) is -0.250. The third-order valence-corrected chi connectivity index (χ3v) is 5.77. The molecule has 0 spiro atoms. The molecule has 1 aromatic carbocycles. The van der Waals surface area contributed by atoms with Gasteiger partial charge in [-0.1, -0.05) is 17.9 Å². The van der Waals surface area contributed by atoms with Gasteiger partial charge in [0.25, 0.3) is 5.91 Å². The highest BCUT2D eigenvalue weighted by atomic mass is 19.1. The fourth-order valence-electron chi connectivity index (χ4n) is 4.19. The van der Waals surface area contributed by atoms with Crippen LogP contribution in [0.1, 0.15) is 23.6 Å². The Hall–Kier alpha value is -3.10. The number of benzene rings is 1. The maximum Gasteiger partial charge on any atom is 0.295 e. The molecule has 1 unspecified atom stereocenters. The van der Waals surface area contributed by atoms with Crippen molar-refractivity contribution < 1.29 is 28.7 Å². The summed E-state index contributed by atoms with van der Waals surface area (Å²) in [5.74, 6) is -2.56. The van der Waals surface area contributed by atoms with Crippen molar-refractivity contribution >= 4 is 17.4 Å². The van der Waals surface area contributed by atoms with Crippen molar-refractivity contribution in [2.75, 3.05) is 39.4 Å². The highest BCUT2D eigenvalue weighted by molar-refractivity contribution is 6.46. The van der Waals surface area contributed by atoms with Crippen LogP contribution in [0.5, 0.6) is 0 Å². The minimum absolute atomic E-state index is 0.138. The van der Waals surface area contributed by atoms with Gasteiger partial charge >= 0.3 is 0 Å². The number of nitrogens with one attached hydrogen (secondary N) is 1. The quantitative estimate of drug-likeness (QED) is 0.392. The average molecular weight is 425 g/mol. The molecule has 4 rings (SSSR count). The molecule has 3 heterocycles. The lowest BCUT2D eigenvalue weighted by atomic mass is 9.95. The number of ether oxygens (including phenoxy) is 1. The number of Topliss-reactive ketones (excluding diaryl/α,β-unsaturated/α-hetero) is 1. The molecule has 2 fully saturated rings. The summed E-state index contributed by atoms with van der Waals surface area (Å²) in [7, 11) is 0. The molecular weight excluding hydrogens is 401 g/mol. The molecule has 2 aliphatic heterocycles. The van der Waals surface area contributed by atoms with E-state index in [9.17, 15) is 19.1 Å². The van der Waals surface area contributed by atoms with Gasteiger partial charge in [-0.05, 0) is 35.4 Å². The fourth-order valence-corrected chi connectivity index (χ4v) is 4.19. The Morgan fingerprint density at radius 1 is 1.19 bits per heavy atom. The summed E-state index contributed by atoms with van der Waals surface area (Å²) in [6.45, 7) is 4.35. The van der Waals surface area contributed by atoms with Crippen LogP contribution >= 0.6 is 0 Å². The number of halogens is 1. The van der Waals surface area contributed by atoms with Crippen molar-refractivity contribution in [1.29, 1.82) is 0 Å². The number of hydrogen-bond donors (Lipinski definition) is 1. The van der Waals surface area contributed by atoms with Gasteiger partial charge in [0.15, 0.2) is 0 Å². The Bertz CT molecular complexity index is 989. The van der Waals surface area contributed by atoms with E-state index in [1.54, 1.807) is 6.07 Å². The van der Waals surface area contributed by atoms with Crippen LogP contribution in [0.3, 0.4) is 0 Å². The zero-order chi connectivity index (χ0) is 21.8. The number of pyridine rings is 1. The molecular formula is C23H24FN3O4. The van der Waals surface area contributed by atoms with Gasteiger partial charge in [-0.15, -0.1) is 0 Å². The third kappa shape index (κ3) is 4.50. The minimum atomic E-state index is -0.906. The molecule has 0 saturated carbocycles. The first-order valence-corrected chi connectivity index (χ1v) is 10.4. The van der Waals surface area contributed by atoms with Gasteiger partial charge in [0, 0.05) is 30.9 Å². The number of hydrogen-bond acceptors (Lipinski definition) is 5. The topological polar surface area (TPSA) is 87.0 Å². The molecule has 8 heteroatoms. The van der Waals surface area contributed by atoms with E-state index in [1.165, 1.54) is 52.5 Å². The molecule has 2 saturated heterocycles. The molecule has 1 atom stereocenters. The van der Waals surface area contributed by atoms with E-state index in [2.05, 4.69) is 4.98 Å². The molecule has 2 aliphatic rings. The summed E-state index contributed by atoms with van der Waals surface area (Å²) in [5, 5.41) is 13.2. The van der Waals surface area contributed by atoms with Crippen LogP contribution in [0.4, 0.5) is 4.39 Å². The molecule has 1 amide bonds. The smallest absolute Gasteiger partial charge is 0.295 e. The van der Waals surface area contributed by atoms with E-state index >= 15 is 0 Å². The van der Waals surface area contributed by atoms with Crippen molar-refractivity contribution in [3.63, 3.8) is 0 Å². The van der Waals surface area contributed by atoms with Gasteiger partial charge in [-0.25, -0.2) is 4.39 Å². The van der Waals surface area contributed by atoms with Crippen LogP contribution in [0.25, 0.3) is 5.76 Å². The largest absolute Gasteiger partial charge is 0.872 e. The van der Waals surface area contributed by atoms with Gasteiger partial charge < -0.3 is 19.6 Å². The molecule has 0 bridgehead atoms. The highest BCUT2D eigenvalue weighted by Crippen LogP contribution is 2.38. The molecule has 0 aliphatic carbocycles. The van der Waals surface area contributed by atoms with E-state index in [0.717, 1.165) is 19.6 Å². The maximum absolute atomic E-state index is 14.0. The molecule has 31 heavy (non-hydrogen) atoms. The standard InChI is InChI=1S/C23H24FN3O4/c24-18-4-1-3-17(15-18)20-19(21(28)16-5-7-25-8-6-16)22(29)23(30)27(20)10-2-9-26-11-13-31-14-12-26/h1,3-8,15,20,28H,2,9-14H2/b21-19+. The lowest BCUT2D eigenvalue weighted by Crippen LogP contribution is -3.14. The SMILES string of the molecule is O=C1C(=O)N(CCC[NH+]2CCOCC2)C(c2cccc(F)c2)/C1=C(\[O-])c1ccncc1. The normalized spacial score (nSPS) is 21.6. The van der Waals surface area contributed by atoms with Crippen molar-refractivity contribution in [2.45, 2.75) is 12.5 Å². The van der Waals surface area contributed by atoms with E-state index < -0.39 is 29.3 Å². The Labute approximate surface area is 179 Å². The van der Waals surface area contributed by atoms with Crippen molar-refractivity contribution in [3.8, 4) is 0 Å². The Morgan fingerprint density at radius 2 is 1.94 bits per heavy atom. The highest BCUT2D eigenvalue weighted by Gasteiger charge is 2.44.